The monoisotopic (exact) mass is 489 g/mol. The highest BCUT2D eigenvalue weighted by Gasteiger charge is 2.48. The molecule has 1 N–H and O–H groups in total. The standard InChI is InChI=1S/C20H13BrClN3O3S/c1-10-23-24-20(29-10)25-16(11-2-6-13(21)7-3-11)15(18(27)19(25)28)17(26)12-4-8-14(22)9-5-12/h2-9,16,26H,1H3/b17-15+/t16-/m0/s1. The van der Waals surface area contributed by atoms with Gasteiger partial charge in [0.15, 0.2) is 0 Å². The molecule has 0 spiro atoms. The van der Waals surface area contributed by atoms with Crippen molar-refractivity contribution < 1.29 is 14.7 Å². The average Bonchev–Trinajstić information content (AvgIpc) is 3.24. The molecule has 1 fully saturated rings. The summed E-state index contributed by atoms with van der Waals surface area (Å²) in [6.07, 6.45) is 0. The van der Waals surface area contributed by atoms with Crippen molar-refractivity contribution >= 4 is 61.4 Å². The number of hydrogen-bond acceptors (Lipinski definition) is 6. The second-order valence-corrected chi connectivity index (χ2v) is 8.84. The minimum atomic E-state index is -0.828. The third-order valence-corrected chi connectivity index (χ3v) is 6.09. The van der Waals surface area contributed by atoms with Gasteiger partial charge in [-0.15, -0.1) is 10.2 Å². The molecule has 1 aliphatic rings. The second kappa shape index (κ2) is 7.70. The molecule has 0 bridgehead atoms. The van der Waals surface area contributed by atoms with Crippen LogP contribution in [0, 0.1) is 6.92 Å². The minimum absolute atomic E-state index is 0.00695. The molecule has 9 heteroatoms. The number of aryl methyl sites for hydroxylation is 1. The number of ketones is 1. The van der Waals surface area contributed by atoms with Crippen LogP contribution in [0.15, 0.2) is 58.6 Å². The van der Waals surface area contributed by atoms with Crippen molar-refractivity contribution in [3.63, 3.8) is 0 Å². The normalized spacial score (nSPS) is 18.4. The molecule has 2 aromatic carbocycles. The zero-order valence-electron chi connectivity index (χ0n) is 15.0. The highest BCUT2D eigenvalue weighted by molar-refractivity contribution is 9.10. The van der Waals surface area contributed by atoms with Crippen LogP contribution < -0.4 is 4.90 Å². The molecular formula is C20H13BrClN3O3S. The van der Waals surface area contributed by atoms with Crippen LogP contribution in [0.3, 0.4) is 0 Å². The summed E-state index contributed by atoms with van der Waals surface area (Å²) in [4.78, 5) is 27.1. The van der Waals surface area contributed by atoms with Crippen LogP contribution in [-0.4, -0.2) is 27.0 Å². The van der Waals surface area contributed by atoms with Crippen molar-refractivity contribution in [1.82, 2.24) is 10.2 Å². The number of carbonyl (C=O) groups excluding carboxylic acids is 2. The molecule has 2 heterocycles. The highest BCUT2D eigenvalue weighted by Crippen LogP contribution is 2.43. The Hall–Kier alpha value is -2.55. The van der Waals surface area contributed by atoms with Gasteiger partial charge in [0, 0.05) is 15.1 Å². The van der Waals surface area contributed by atoms with Crippen LogP contribution in [0.2, 0.25) is 5.02 Å². The van der Waals surface area contributed by atoms with Gasteiger partial charge < -0.3 is 5.11 Å². The van der Waals surface area contributed by atoms with Gasteiger partial charge in [-0.1, -0.05) is 51.0 Å². The first-order valence-corrected chi connectivity index (χ1v) is 10.5. The van der Waals surface area contributed by atoms with Crippen molar-refractivity contribution in [2.75, 3.05) is 4.90 Å². The molecule has 1 aromatic heterocycles. The summed E-state index contributed by atoms with van der Waals surface area (Å²) in [5.74, 6) is -1.81. The van der Waals surface area contributed by atoms with E-state index in [9.17, 15) is 14.7 Å². The van der Waals surface area contributed by atoms with Gasteiger partial charge >= 0.3 is 5.91 Å². The van der Waals surface area contributed by atoms with Crippen LogP contribution in [-0.2, 0) is 9.59 Å². The largest absolute Gasteiger partial charge is 0.507 e. The fourth-order valence-electron chi connectivity index (χ4n) is 3.14. The van der Waals surface area contributed by atoms with E-state index in [1.165, 1.54) is 16.2 Å². The first-order chi connectivity index (χ1) is 13.9. The molecule has 1 amide bonds. The van der Waals surface area contributed by atoms with Crippen molar-refractivity contribution in [3.8, 4) is 0 Å². The van der Waals surface area contributed by atoms with Gasteiger partial charge in [-0.2, -0.15) is 0 Å². The molecule has 0 radical (unpaired) electrons. The Balaban J connectivity index is 1.93. The maximum atomic E-state index is 12.9. The molecule has 1 aliphatic heterocycles. The fourth-order valence-corrected chi connectivity index (χ4v) is 4.24. The van der Waals surface area contributed by atoms with Gasteiger partial charge in [-0.3, -0.25) is 14.5 Å². The van der Waals surface area contributed by atoms with Gasteiger partial charge in [0.05, 0.1) is 11.6 Å². The number of amides is 1. The maximum absolute atomic E-state index is 12.9. The summed E-state index contributed by atoms with van der Waals surface area (Å²) in [6.45, 7) is 1.76. The Morgan fingerprint density at radius 1 is 1.10 bits per heavy atom. The Kier molecular flexibility index (Phi) is 5.24. The number of halogens is 2. The third-order valence-electron chi connectivity index (χ3n) is 4.47. The molecule has 29 heavy (non-hydrogen) atoms. The number of aliphatic hydroxyl groups excluding tert-OH is 1. The van der Waals surface area contributed by atoms with Gasteiger partial charge in [0.1, 0.15) is 10.8 Å². The summed E-state index contributed by atoms with van der Waals surface area (Å²) in [7, 11) is 0. The maximum Gasteiger partial charge on any atom is 0.301 e. The number of hydrogen-bond donors (Lipinski definition) is 1. The SMILES string of the molecule is Cc1nnc(N2C(=O)C(=O)/C(=C(/O)c3ccc(Cl)cc3)[C@@H]2c2ccc(Br)cc2)s1. The van der Waals surface area contributed by atoms with Crippen LogP contribution in [0.4, 0.5) is 5.13 Å². The van der Waals surface area contributed by atoms with Gasteiger partial charge in [0.2, 0.25) is 5.13 Å². The van der Waals surface area contributed by atoms with Gasteiger partial charge in [-0.05, 0) is 48.9 Å². The lowest BCUT2D eigenvalue weighted by Crippen LogP contribution is -2.29. The molecule has 1 atom stereocenters. The average molecular weight is 491 g/mol. The molecule has 0 unspecified atom stereocenters. The number of aromatic nitrogens is 2. The predicted octanol–water partition coefficient (Wildman–Crippen LogP) is 4.89. The van der Waals surface area contributed by atoms with Gasteiger partial charge in [0.25, 0.3) is 5.78 Å². The topological polar surface area (TPSA) is 83.4 Å². The van der Waals surface area contributed by atoms with Crippen LogP contribution in [0.5, 0.6) is 0 Å². The quantitative estimate of drug-likeness (QED) is 0.321. The van der Waals surface area contributed by atoms with Crippen molar-refractivity contribution in [2.24, 2.45) is 0 Å². The fraction of sp³-hybridized carbons (Fsp3) is 0.100. The highest BCUT2D eigenvalue weighted by atomic mass is 79.9. The number of benzene rings is 2. The van der Waals surface area contributed by atoms with Crippen LogP contribution >= 0.6 is 38.9 Å². The summed E-state index contributed by atoms with van der Waals surface area (Å²) in [5, 5.41) is 20.4. The van der Waals surface area contributed by atoms with Crippen molar-refractivity contribution in [3.05, 3.63) is 79.7 Å². The van der Waals surface area contributed by atoms with E-state index in [0.717, 1.165) is 4.47 Å². The van der Waals surface area contributed by atoms with E-state index in [2.05, 4.69) is 26.1 Å². The number of carbonyl (C=O) groups is 2. The van der Waals surface area contributed by atoms with Crippen LogP contribution in [0.1, 0.15) is 22.2 Å². The van der Waals surface area contributed by atoms with E-state index in [1.54, 1.807) is 43.3 Å². The third kappa shape index (κ3) is 3.59. The smallest absolute Gasteiger partial charge is 0.301 e. The summed E-state index contributed by atoms with van der Waals surface area (Å²) < 4.78 is 0.850. The molecule has 1 saturated heterocycles. The number of aliphatic hydroxyl groups is 1. The Morgan fingerprint density at radius 3 is 2.34 bits per heavy atom. The number of anilines is 1. The molecule has 146 valence electrons. The molecule has 3 aromatic rings. The molecular weight excluding hydrogens is 478 g/mol. The van der Waals surface area contributed by atoms with Crippen LogP contribution in [0.25, 0.3) is 5.76 Å². The lowest BCUT2D eigenvalue weighted by molar-refractivity contribution is -0.132. The van der Waals surface area contributed by atoms with E-state index in [-0.39, 0.29) is 11.3 Å². The zero-order chi connectivity index (χ0) is 20.7. The predicted molar refractivity (Wildman–Crippen MR) is 115 cm³/mol. The Morgan fingerprint density at radius 2 is 1.76 bits per heavy atom. The van der Waals surface area contributed by atoms with E-state index in [4.69, 9.17) is 11.6 Å². The molecule has 0 saturated carbocycles. The Bertz CT molecular complexity index is 1140. The van der Waals surface area contributed by atoms with E-state index in [1.807, 2.05) is 12.1 Å². The first kappa shape index (κ1) is 19.8. The Labute approximate surface area is 183 Å². The molecule has 6 nitrogen and oxygen atoms in total. The second-order valence-electron chi connectivity index (χ2n) is 6.33. The van der Waals surface area contributed by atoms with E-state index in [0.29, 0.717) is 26.3 Å². The van der Waals surface area contributed by atoms with E-state index >= 15 is 0 Å². The molecule has 4 rings (SSSR count). The lowest BCUT2D eigenvalue weighted by Gasteiger charge is -2.22. The lowest BCUT2D eigenvalue weighted by atomic mass is 9.95. The minimum Gasteiger partial charge on any atom is -0.507 e. The zero-order valence-corrected chi connectivity index (χ0v) is 18.1. The summed E-state index contributed by atoms with van der Waals surface area (Å²) >= 11 is 10.5. The van der Waals surface area contributed by atoms with Crippen molar-refractivity contribution in [1.29, 1.82) is 0 Å². The number of rotatable bonds is 3. The van der Waals surface area contributed by atoms with Crippen molar-refractivity contribution in [2.45, 2.75) is 13.0 Å². The number of Topliss-reactive ketones (excluding diaryl/α,β-unsaturated/α-hetero) is 1. The first-order valence-electron chi connectivity index (χ1n) is 8.49. The van der Waals surface area contributed by atoms with Gasteiger partial charge in [-0.25, -0.2) is 0 Å². The number of nitrogens with zero attached hydrogens (tertiary/aromatic N) is 3. The molecule has 0 aliphatic carbocycles. The van der Waals surface area contributed by atoms with E-state index < -0.39 is 17.7 Å². The summed E-state index contributed by atoms with van der Waals surface area (Å²) in [6, 6.07) is 12.8. The summed E-state index contributed by atoms with van der Waals surface area (Å²) in [5.41, 5.74) is 1.05.